The molecule has 1 atom stereocenters. The van der Waals surface area contributed by atoms with Crippen molar-refractivity contribution in [3.8, 4) is 23.7 Å². The van der Waals surface area contributed by atoms with Crippen LogP contribution in [-0.2, 0) is 23.7 Å². The second-order valence-electron chi connectivity index (χ2n) is 6.25. The number of aliphatic hydroxyl groups excluding tert-OH is 1. The first-order chi connectivity index (χ1) is 13.2. The van der Waals surface area contributed by atoms with Crippen LogP contribution in [0.25, 0.3) is 0 Å². The summed E-state index contributed by atoms with van der Waals surface area (Å²) in [6.07, 6.45) is -1.70. The molecule has 1 unspecified atom stereocenters. The fourth-order valence-electron chi connectivity index (χ4n) is 1.46. The number of carbonyl (C=O) groups excluding carboxylic acids is 1. The topological polar surface area (TPSA) is 74.2 Å². The second-order valence-corrected chi connectivity index (χ2v) is 6.25. The summed E-state index contributed by atoms with van der Waals surface area (Å²) in [5, 5.41) is 9.43. The highest BCUT2D eigenvalue weighted by atomic mass is 16.7. The summed E-state index contributed by atoms with van der Waals surface area (Å²) in [4.78, 5) is 11.2. The van der Waals surface area contributed by atoms with Crippen LogP contribution in [0.15, 0.2) is 0 Å². The van der Waals surface area contributed by atoms with Crippen molar-refractivity contribution in [2.45, 2.75) is 74.1 Å². The lowest BCUT2D eigenvalue weighted by Gasteiger charge is -2.11. The minimum Gasteiger partial charge on any atom is -0.380 e. The van der Waals surface area contributed by atoms with E-state index in [1.807, 2.05) is 55.4 Å². The third kappa shape index (κ3) is 16.7. The molecule has 0 saturated heterocycles. The van der Waals surface area contributed by atoms with Crippen molar-refractivity contribution in [2.75, 3.05) is 26.4 Å². The van der Waals surface area contributed by atoms with Crippen molar-refractivity contribution in [3.63, 3.8) is 0 Å². The van der Waals surface area contributed by atoms with Gasteiger partial charge in [0.1, 0.15) is 6.10 Å². The van der Waals surface area contributed by atoms with Crippen molar-refractivity contribution >= 4 is 5.78 Å². The highest BCUT2D eigenvalue weighted by Gasteiger charge is 2.07. The van der Waals surface area contributed by atoms with Crippen molar-refractivity contribution in [1.82, 2.24) is 0 Å². The van der Waals surface area contributed by atoms with E-state index in [1.165, 1.54) is 0 Å². The number of ether oxygens (including phenoxy) is 4. The standard InChI is InChI=1S/C11H20O3.C11H18O3/c2*1-5-13-11(14-6-2)8-7-10(12)9(3)4/h9-12H,5-6H2,1-4H3;9,11H,5-6H2,1-4H3. The maximum Gasteiger partial charge on any atom is 0.222 e. The Labute approximate surface area is 171 Å². The van der Waals surface area contributed by atoms with Gasteiger partial charge in [0.2, 0.25) is 18.4 Å². The summed E-state index contributed by atoms with van der Waals surface area (Å²) in [6, 6.07) is 0. The second kappa shape index (κ2) is 18.9. The molecule has 0 rings (SSSR count). The summed E-state index contributed by atoms with van der Waals surface area (Å²) >= 11 is 0. The molecule has 6 nitrogen and oxygen atoms in total. The van der Waals surface area contributed by atoms with Crippen molar-refractivity contribution in [2.24, 2.45) is 11.8 Å². The molecule has 0 aromatic rings. The molecule has 0 amide bonds. The van der Waals surface area contributed by atoms with Crippen LogP contribution in [0.4, 0.5) is 0 Å². The molecule has 6 heteroatoms. The van der Waals surface area contributed by atoms with Gasteiger partial charge >= 0.3 is 0 Å². The monoisotopic (exact) mass is 398 g/mol. The van der Waals surface area contributed by atoms with Gasteiger partial charge in [0.15, 0.2) is 0 Å². The SMILES string of the molecule is CCOC(C#CC(=O)C(C)C)OCC.CCOC(C#CC(O)C(C)C)OCC. The minimum absolute atomic E-state index is 0.0635. The third-order valence-electron chi connectivity index (χ3n) is 3.09. The van der Waals surface area contributed by atoms with Gasteiger partial charge in [-0.1, -0.05) is 33.6 Å². The van der Waals surface area contributed by atoms with Crippen LogP contribution in [0, 0.1) is 35.5 Å². The number of hydrogen-bond acceptors (Lipinski definition) is 6. The van der Waals surface area contributed by atoms with Crippen LogP contribution in [0.3, 0.4) is 0 Å². The maximum absolute atomic E-state index is 11.2. The predicted octanol–water partition coefficient (Wildman–Crippen LogP) is 3.02. The number of Topliss-reactive ketones (excluding diaryl/α,β-unsaturated/α-hetero) is 1. The van der Waals surface area contributed by atoms with Gasteiger partial charge in [-0.2, -0.15) is 0 Å². The first-order valence-electron chi connectivity index (χ1n) is 9.94. The molecule has 0 saturated carbocycles. The van der Waals surface area contributed by atoms with Gasteiger partial charge in [-0.25, -0.2) is 0 Å². The molecule has 0 aliphatic heterocycles. The zero-order valence-electron chi connectivity index (χ0n) is 18.7. The summed E-state index contributed by atoms with van der Waals surface area (Å²) in [5.74, 6) is 10.6. The van der Waals surface area contributed by atoms with E-state index in [9.17, 15) is 9.90 Å². The van der Waals surface area contributed by atoms with E-state index in [1.54, 1.807) is 0 Å². The lowest BCUT2D eigenvalue weighted by Crippen LogP contribution is -2.17. The van der Waals surface area contributed by atoms with E-state index in [0.717, 1.165) is 0 Å². The largest absolute Gasteiger partial charge is 0.380 e. The van der Waals surface area contributed by atoms with Crippen LogP contribution in [0.2, 0.25) is 0 Å². The molecule has 0 fully saturated rings. The molecule has 162 valence electrons. The quantitative estimate of drug-likeness (QED) is 0.346. The van der Waals surface area contributed by atoms with Crippen LogP contribution in [-0.4, -0.2) is 56.0 Å². The fraction of sp³-hybridized carbons (Fsp3) is 0.773. The fourth-order valence-corrected chi connectivity index (χ4v) is 1.46. The molecule has 0 spiro atoms. The van der Waals surface area contributed by atoms with Crippen molar-refractivity contribution in [1.29, 1.82) is 0 Å². The van der Waals surface area contributed by atoms with Crippen LogP contribution in [0.1, 0.15) is 55.4 Å². The highest BCUT2D eigenvalue weighted by Crippen LogP contribution is 2.00. The Hall–Kier alpha value is -1.41. The number of hydrogen-bond donors (Lipinski definition) is 1. The van der Waals surface area contributed by atoms with Crippen LogP contribution in [0.5, 0.6) is 0 Å². The van der Waals surface area contributed by atoms with Gasteiger partial charge in [0, 0.05) is 32.3 Å². The van der Waals surface area contributed by atoms with Gasteiger partial charge in [-0.15, -0.1) is 0 Å². The number of aliphatic hydroxyl groups is 1. The summed E-state index contributed by atoms with van der Waals surface area (Å²) < 4.78 is 20.7. The van der Waals surface area contributed by atoms with Crippen LogP contribution < -0.4 is 0 Å². The molecule has 0 bridgehead atoms. The molecule has 1 N–H and O–H groups in total. The molecule has 28 heavy (non-hydrogen) atoms. The minimum atomic E-state index is -0.613. The van der Waals surface area contributed by atoms with E-state index >= 15 is 0 Å². The Kier molecular flexibility index (Phi) is 19.5. The first-order valence-corrected chi connectivity index (χ1v) is 9.94. The molecule has 0 radical (unpaired) electrons. The molecule has 0 heterocycles. The molecule has 0 aliphatic carbocycles. The Bertz CT molecular complexity index is 495. The average molecular weight is 399 g/mol. The summed E-state index contributed by atoms with van der Waals surface area (Å²) in [7, 11) is 0. The van der Waals surface area contributed by atoms with E-state index in [-0.39, 0.29) is 17.6 Å². The van der Waals surface area contributed by atoms with Crippen molar-refractivity contribution < 1.29 is 28.8 Å². The van der Waals surface area contributed by atoms with Gasteiger partial charge in [0.25, 0.3) is 0 Å². The Morgan fingerprint density at radius 2 is 1.14 bits per heavy atom. The van der Waals surface area contributed by atoms with Crippen LogP contribution >= 0.6 is 0 Å². The normalized spacial score (nSPS) is 11.5. The van der Waals surface area contributed by atoms with Gasteiger partial charge < -0.3 is 24.1 Å². The molecular formula is C22H38O6. The lowest BCUT2D eigenvalue weighted by atomic mass is 10.1. The van der Waals surface area contributed by atoms with Gasteiger partial charge in [0.05, 0.1) is 0 Å². The van der Waals surface area contributed by atoms with E-state index < -0.39 is 18.7 Å². The Morgan fingerprint density at radius 3 is 1.46 bits per heavy atom. The molecule has 0 aromatic carbocycles. The number of carbonyl (C=O) groups is 1. The van der Waals surface area contributed by atoms with E-state index in [4.69, 9.17) is 18.9 Å². The lowest BCUT2D eigenvalue weighted by molar-refractivity contribution is -0.116. The Morgan fingerprint density at radius 1 is 0.750 bits per heavy atom. The van der Waals surface area contributed by atoms with Gasteiger partial charge in [-0.3, -0.25) is 4.79 Å². The zero-order valence-corrected chi connectivity index (χ0v) is 18.7. The smallest absolute Gasteiger partial charge is 0.222 e. The molecule has 0 aromatic heterocycles. The molecular weight excluding hydrogens is 360 g/mol. The molecule has 0 aliphatic rings. The van der Waals surface area contributed by atoms with E-state index in [2.05, 4.69) is 23.7 Å². The third-order valence-corrected chi connectivity index (χ3v) is 3.09. The summed E-state index contributed by atoms with van der Waals surface area (Å²) in [5.41, 5.74) is 0. The van der Waals surface area contributed by atoms with E-state index in [0.29, 0.717) is 26.4 Å². The summed E-state index contributed by atoms with van der Waals surface area (Å²) in [6.45, 7) is 17.1. The highest BCUT2D eigenvalue weighted by molar-refractivity contribution is 5.96. The number of ketones is 1. The Balaban J connectivity index is 0. The zero-order chi connectivity index (χ0) is 21.9. The first kappa shape index (κ1) is 28.8. The predicted molar refractivity (Wildman–Crippen MR) is 110 cm³/mol. The average Bonchev–Trinajstić information content (AvgIpc) is 2.64. The number of rotatable bonds is 10. The maximum atomic E-state index is 11.2. The van der Waals surface area contributed by atoms with Gasteiger partial charge in [-0.05, 0) is 51.4 Å². The van der Waals surface area contributed by atoms with Crippen molar-refractivity contribution in [3.05, 3.63) is 0 Å².